The number of anilines is 1. The SMILES string of the molecule is CCOC(=O)c1cccc(NC(=O)[C@H](C)Oc2ccc(F)cc2)c1. The second-order valence-corrected chi connectivity index (χ2v) is 5.00. The number of halogens is 1. The quantitative estimate of drug-likeness (QED) is 0.824. The van der Waals surface area contributed by atoms with Gasteiger partial charge in [-0.1, -0.05) is 6.07 Å². The maximum atomic E-state index is 12.9. The van der Waals surface area contributed by atoms with Gasteiger partial charge in [-0.05, 0) is 56.3 Å². The fourth-order valence-corrected chi connectivity index (χ4v) is 1.95. The predicted molar refractivity (Wildman–Crippen MR) is 87.5 cm³/mol. The predicted octanol–water partition coefficient (Wildman–Crippen LogP) is 3.41. The molecule has 0 aliphatic heterocycles. The van der Waals surface area contributed by atoms with E-state index in [0.717, 1.165) is 0 Å². The minimum atomic E-state index is -0.790. The molecule has 1 amide bonds. The van der Waals surface area contributed by atoms with Crippen LogP contribution in [0.2, 0.25) is 0 Å². The molecule has 1 N–H and O–H groups in total. The van der Waals surface area contributed by atoms with Crippen LogP contribution < -0.4 is 10.1 Å². The normalized spacial score (nSPS) is 11.5. The highest BCUT2D eigenvalue weighted by Crippen LogP contribution is 2.15. The van der Waals surface area contributed by atoms with E-state index in [1.54, 1.807) is 32.0 Å². The molecule has 0 saturated heterocycles. The van der Waals surface area contributed by atoms with Crippen molar-refractivity contribution < 1.29 is 23.5 Å². The van der Waals surface area contributed by atoms with E-state index in [4.69, 9.17) is 9.47 Å². The van der Waals surface area contributed by atoms with Crippen molar-refractivity contribution in [2.75, 3.05) is 11.9 Å². The molecule has 0 heterocycles. The molecule has 6 heteroatoms. The lowest BCUT2D eigenvalue weighted by Gasteiger charge is -2.15. The Morgan fingerprint density at radius 2 is 1.88 bits per heavy atom. The molecule has 0 unspecified atom stereocenters. The van der Waals surface area contributed by atoms with Crippen LogP contribution in [-0.2, 0) is 9.53 Å². The third-order valence-corrected chi connectivity index (χ3v) is 3.14. The number of amides is 1. The molecule has 0 aliphatic rings. The second kappa shape index (κ2) is 8.10. The van der Waals surface area contributed by atoms with Gasteiger partial charge < -0.3 is 14.8 Å². The molecule has 2 rings (SSSR count). The van der Waals surface area contributed by atoms with Crippen molar-refractivity contribution in [2.24, 2.45) is 0 Å². The molecule has 2 aromatic rings. The number of carbonyl (C=O) groups is 2. The zero-order chi connectivity index (χ0) is 17.5. The summed E-state index contributed by atoms with van der Waals surface area (Å²) < 4.78 is 23.2. The van der Waals surface area contributed by atoms with E-state index in [0.29, 0.717) is 17.0 Å². The molecule has 126 valence electrons. The molecule has 0 aliphatic carbocycles. The Morgan fingerprint density at radius 3 is 2.54 bits per heavy atom. The first kappa shape index (κ1) is 17.5. The molecule has 0 bridgehead atoms. The lowest BCUT2D eigenvalue weighted by molar-refractivity contribution is -0.122. The van der Waals surface area contributed by atoms with Crippen LogP contribution in [0.5, 0.6) is 5.75 Å². The van der Waals surface area contributed by atoms with Crippen molar-refractivity contribution in [3.63, 3.8) is 0 Å². The Labute approximate surface area is 139 Å². The van der Waals surface area contributed by atoms with Gasteiger partial charge in [0.1, 0.15) is 11.6 Å². The first-order chi connectivity index (χ1) is 11.5. The summed E-state index contributed by atoms with van der Waals surface area (Å²) in [6, 6.07) is 11.8. The molecule has 0 aromatic heterocycles. The summed E-state index contributed by atoms with van der Waals surface area (Å²) in [5, 5.41) is 2.66. The topological polar surface area (TPSA) is 64.6 Å². The van der Waals surface area contributed by atoms with Crippen molar-refractivity contribution in [3.8, 4) is 5.75 Å². The molecule has 0 radical (unpaired) electrons. The van der Waals surface area contributed by atoms with Gasteiger partial charge in [-0.2, -0.15) is 0 Å². The highest BCUT2D eigenvalue weighted by Gasteiger charge is 2.16. The summed E-state index contributed by atoms with van der Waals surface area (Å²) in [5.41, 5.74) is 0.807. The summed E-state index contributed by atoms with van der Waals surface area (Å²) in [6.07, 6.45) is -0.790. The van der Waals surface area contributed by atoms with E-state index in [1.807, 2.05) is 0 Å². The molecular formula is C18H18FNO4. The van der Waals surface area contributed by atoms with Crippen molar-refractivity contribution >= 4 is 17.6 Å². The number of hydrogen-bond acceptors (Lipinski definition) is 4. The van der Waals surface area contributed by atoms with Crippen LogP contribution in [0.3, 0.4) is 0 Å². The van der Waals surface area contributed by atoms with Gasteiger partial charge in [0.25, 0.3) is 5.91 Å². The van der Waals surface area contributed by atoms with Gasteiger partial charge >= 0.3 is 5.97 Å². The van der Waals surface area contributed by atoms with Crippen LogP contribution in [-0.4, -0.2) is 24.6 Å². The first-order valence-corrected chi connectivity index (χ1v) is 7.50. The zero-order valence-corrected chi connectivity index (χ0v) is 13.4. The Hall–Kier alpha value is -2.89. The van der Waals surface area contributed by atoms with E-state index in [-0.39, 0.29) is 18.3 Å². The Kier molecular flexibility index (Phi) is 5.89. The molecule has 0 saturated carbocycles. The Balaban J connectivity index is 1.99. The smallest absolute Gasteiger partial charge is 0.338 e. The molecule has 24 heavy (non-hydrogen) atoms. The highest BCUT2D eigenvalue weighted by molar-refractivity contribution is 5.96. The van der Waals surface area contributed by atoms with E-state index in [2.05, 4.69) is 5.32 Å². The second-order valence-electron chi connectivity index (χ2n) is 5.00. The zero-order valence-electron chi connectivity index (χ0n) is 13.4. The van der Waals surface area contributed by atoms with Gasteiger partial charge in [0.05, 0.1) is 12.2 Å². The number of esters is 1. The fourth-order valence-electron chi connectivity index (χ4n) is 1.95. The Bertz CT molecular complexity index is 715. The van der Waals surface area contributed by atoms with Crippen molar-refractivity contribution in [2.45, 2.75) is 20.0 Å². The van der Waals surface area contributed by atoms with E-state index >= 15 is 0 Å². The fraction of sp³-hybridized carbons (Fsp3) is 0.222. The highest BCUT2D eigenvalue weighted by atomic mass is 19.1. The molecule has 2 aromatic carbocycles. The maximum Gasteiger partial charge on any atom is 0.338 e. The molecular weight excluding hydrogens is 313 g/mol. The van der Waals surface area contributed by atoms with Crippen molar-refractivity contribution in [3.05, 3.63) is 59.9 Å². The number of hydrogen-bond donors (Lipinski definition) is 1. The van der Waals surface area contributed by atoms with E-state index in [1.165, 1.54) is 30.3 Å². The van der Waals surface area contributed by atoms with Gasteiger partial charge in [0, 0.05) is 5.69 Å². The van der Waals surface area contributed by atoms with Gasteiger partial charge in [-0.25, -0.2) is 9.18 Å². The summed E-state index contributed by atoms with van der Waals surface area (Å²) in [5.74, 6) is -0.834. The largest absolute Gasteiger partial charge is 0.481 e. The monoisotopic (exact) mass is 331 g/mol. The average Bonchev–Trinajstić information content (AvgIpc) is 2.57. The van der Waals surface area contributed by atoms with Crippen LogP contribution in [0, 0.1) is 5.82 Å². The standard InChI is InChI=1S/C18H18FNO4/c1-3-23-18(22)13-5-4-6-15(11-13)20-17(21)12(2)24-16-9-7-14(19)8-10-16/h4-12H,3H2,1-2H3,(H,20,21)/t12-/m0/s1. The van der Waals surface area contributed by atoms with Crippen LogP contribution in [0.4, 0.5) is 10.1 Å². The van der Waals surface area contributed by atoms with Crippen LogP contribution in [0.15, 0.2) is 48.5 Å². The molecule has 1 atom stereocenters. The lowest BCUT2D eigenvalue weighted by Crippen LogP contribution is -2.30. The van der Waals surface area contributed by atoms with Gasteiger partial charge in [0.2, 0.25) is 0 Å². The minimum Gasteiger partial charge on any atom is -0.481 e. The third kappa shape index (κ3) is 4.81. The number of ether oxygens (including phenoxy) is 2. The van der Waals surface area contributed by atoms with E-state index in [9.17, 15) is 14.0 Å². The Morgan fingerprint density at radius 1 is 1.17 bits per heavy atom. The number of rotatable bonds is 6. The van der Waals surface area contributed by atoms with Gasteiger partial charge in [0.15, 0.2) is 6.10 Å². The summed E-state index contributed by atoms with van der Waals surface area (Å²) >= 11 is 0. The average molecular weight is 331 g/mol. The maximum absolute atomic E-state index is 12.9. The van der Waals surface area contributed by atoms with Gasteiger partial charge in [-0.3, -0.25) is 4.79 Å². The van der Waals surface area contributed by atoms with Crippen LogP contribution >= 0.6 is 0 Å². The van der Waals surface area contributed by atoms with Crippen molar-refractivity contribution in [1.29, 1.82) is 0 Å². The third-order valence-electron chi connectivity index (χ3n) is 3.14. The summed E-state index contributed by atoms with van der Waals surface area (Å²) in [7, 11) is 0. The number of nitrogens with one attached hydrogen (secondary N) is 1. The number of benzene rings is 2. The first-order valence-electron chi connectivity index (χ1n) is 7.50. The summed E-state index contributed by atoms with van der Waals surface area (Å²) in [4.78, 5) is 23.9. The molecule has 5 nitrogen and oxygen atoms in total. The van der Waals surface area contributed by atoms with Crippen molar-refractivity contribution in [1.82, 2.24) is 0 Å². The van der Waals surface area contributed by atoms with Gasteiger partial charge in [-0.15, -0.1) is 0 Å². The lowest BCUT2D eigenvalue weighted by atomic mass is 10.2. The number of carbonyl (C=O) groups excluding carboxylic acids is 2. The minimum absolute atomic E-state index is 0.276. The molecule has 0 spiro atoms. The molecule has 0 fully saturated rings. The van der Waals surface area contributed by atoms with Crippen LogP contribution in [0.1, 0.15) is 24.2 Å². The summed E-state index contributed by atoms with van der Waals surface area (Å²) in [6.45, 7) is 3.57. The van der Waals surface area contributed by atoms with E-state index < -0.39 is 12.1 Å². The van der Waals surface area contributed by atoms with Crippen LogP contribution in [0.25, 0.3) is 0 Å².